The van der Waals surface area contributed by atoms with Crippen molar-refractivity contribution in [2.75, 3.05) is 6.54 Å². The molecule has 8 heteroatoms. The van der Waals surface area contributed by atoms with Crippen molar-refractivity contribution in [1.82, 2.24) is 4.31 Å². The lowest BCUT2D eigenvalue weighted by molar-refractivity contribution is 0.0702. The molecule has 0 aromatic carbocycles. The van der Waals surface area contributed by atoms with Crippen molar-refractivity contribution in [3.63, 3.8) is 0 Å². The molecule has 1 N–H and O–H groups in total. The molecule has 106 valence electrons. The lowest BCUT2D eigenvalue weighted by atomic mass is 10.1. The molecule has 0 aliphatic carbocycles. The van der Waals surface area contributed by atoms with Crippen molar-refractivity contribution in [3.8, 4) is 0 Å². The summed E-state index contributed by atoms with van der Waals surface area (Å²) in [5, 5.41) is 8.89. The van der Waals surface area contributed by atoms with Gasteiger partial charge in [0.2, 0.25) is 5.09 Å². The van der Waals surface area contributed by atoms with E-state index >= 15 is 0 Å². The highest BCUT2D eigenvalue weighted by Crippen LogP contribution is 2.31. The minimum absolute atomic E-state index is 0.0871. The van der Waals surface area contributed by atoms with Crippen molar-refractivity contribution in [3.05, 3.63) is 39.8 Å². The SMILES string of the molecule is O=C(O)c1cc2c(s1)CN(S(=O)(=O)c1ccco1)CC2. The molecule has 0 saturated carbocycles. The van der Waals surface area contributed by atoms with Crippen LogP contribution in [0.5, 0.6) is 0 Å². The van der Waals surface area contributed by atoms with Gasteiger partial charge in [0.1, 0.15) is 4.88 Å². The molecule has 2 aromatic heterocycles. The third kappa shape index (κ3) is 2.15. The number of aromatic carboxylic acids is 1. The first kappa shape index (κ1) is 13.3. The van der Waals surface area contributed by atoms with Crippen LogP contribution in [0.3, 0.4) is 0 Å². The van der Waals surface area contributed by atoms with Gasteiger partial charge in [-0.1, -0.05) is 0 Å². The number of thiophene rings is 1. The first-order chi connectivity index (χ1) is 9.48. The Morgan fingerprint density at radius 1 is 1.45 bits per heavy atom. The predicted molar refractivity (Wildman–Crippen MR) is 71.3 cm³/mol. The van der Waals surface area contributed by atoms with Crippen molar-refractivity contribution in [2.45, 2.75) is 18.1 Å². The highest BCUT2D eigenvalue weighted by molar-refractivity contribution is 7.89. The topological polar surface area (TPSA) is 87.8 Å². The van der Waals surface area contributed by atoms with E-state index in [9.17, 15) is 13.2 Å². The van der Waals surface area contributed by atoms with Gasteiger partial charge in [0.25, 0.3) is 10.0 Å². The molecule has 3 heterocycles. The first-order valence-corrected chi connectivity index (χ1v) is 8.12. The number of furan rings is 1. The molecular weight excluding hydrogens is 302 g/mol. The van der Waals surface area contributed by atoms with Crippen molar-refractivity contribution < 1.29 is 22.7 Å². The number of carboxylic acids is 1. The van der Waals surface area contributed by atoms with Crippen LogP contribution in [0.15, 0.2) is 34.0 Å². The summed E-state index contributed by atoms with van der Waals surface area (Å²) in [5.41, 5.74) is 0.915. The minimum Gasteiger partial charge on any atom is -0.477 e. The Bertz CT molecular complexity index is 745. The largest absolute Gasteiger partial charge is 0.477 e. The van der Waals surface area contributed by atoms with Crippen molar-refractivity contribution in [1.29, 1.82) is 0 Å². The normalized spacial score (nSPS) is 16.0. The molecule has 0 spiro atoms. The minimum atomic E-state index is -3.65. The highest BCUT2D eigenvalue weighted by Gasteiger charge is 2.31. The molecule has 1 aliphatic rings. The van der Waals surface area contributed by atoms with Crippen LogP contribution in [-0.4, -0.2) is 30.3 Å². The number of hydrogen-bond donors (Lipinski definition) is 1. The number of rotatable bonds is 3. The number of carboxylic acid groups (broad SMARTS) is 1. The van der Waals surface area contributed by atoms with Crippen LogP contribution < -0.4 is 0 Å². The lowest BCUT2D eigenvalue weighted by Crippen LogP contribution is -2.35. The fourth-order valence-electron chi connectivity index (χ4n) is 2.14. The fourth-order valence-corrected chi connectivity index (χ4v) is 4.61. The second kappa shape index (κ2) is 4.72. The second-order valence-corrected chi connectivity index (χ2v) is 7.39. The third-order valence-corrected chi connectivity index (χ3v) is 6.03. The van der Waals surface area contributed by atoms with Crippen molar-refractivity contribution >= 4 is 27.3 Å². The zero-order chi connectivity index (χ0) is 14.3. The molecule has 0 saturated heterocycles. The molecule has 0 atom stereocenters. The fraction of sp³-hybridized carbons (Fsp3) is 0.250. The maximum atomic E-state index is 12.3. The molecule has 0 amide bonds. The van der Waals surface area contributed by atoms with Crippen LogP contribution in [0.1, 0.15) is 20.1 Å². The molecule has 2 aromatic rings. The maximum absolute atomic E-state index is 12.3. The molecular formula is C12H11NO5S2. The Hall–Kier alpha value is -1.64. The van der Waals surface area contributed by atoms with Gasteiger partial charge < -0.3 is 9.52 Å². The van der Waals surface area contributed by atoms with Crippen LogP contribution >= 0.6 is 11.3 Å². The van der Waals surface area contributed by atoms with Gasteiger partial charge in [-0.15, -0.1) is 11.3 Å². The third-order valence-electron chi connectivity index (χ3n) is 3.15. The quantitative estimate of drug-likeness (QED) is 0.933. The molecule has 0 fully saturated rings. The van der Waals surface area contributed by atoms with Gasteiger partial charge in [0, 0.05) is 18.0 Å². The van der Waals surface area contributed by atoms with E-state index in [-0.39, 0.29) is 16.5 Å². The Morgan fingerprint density at radius 2 is 2.25 bits per heavy atom. The second-order valence-electron chi connectivity index (χ2n) is 4.38. The molecule has 0 unspecified atom stereocenters. The maximum Gasteiger partial charge on any atom is 0.345 e. The smallest absolute Gasteiger partial charge is 0.345 e. The Balaban J connectivity index is 1.91. The van der Waals surface area contributed by atoms with Gasteiger partial charge in [-0.2, -0.15) is 4.31 Å². The molecule has 3 rings (SSSR count). The van der Waals surface area contributed by atoms with E-state index in [1.54, 1.807) is 6.07 Å². The van der Waals surface area contributed by atoms with E-state index in [4.69, 9.17) is 9.52 Å². The number of nitrogens with zero attached hydrogens (tertiary/aromatic N) is 1. The van der Waals surface area contributed by atoms with E-state index in [2.05, 4.69) is 0 Å². The summed E-state index contributed by atoms with van der Waals surface area (Å²) in [6.07, 6.45) is 1.83. The zero-order valence-corrected chi connectivity index (χ0v) is 11.9. The Labute approximate surface area is 119 Å². The van der Waals surface area contributed by atoms with Crippen LogP contribution in [0, 0.1) is 0 Å². The summed E-state index contributed by atoms with van der Waals surface area (Å²) < 4.78 is 30.9. The Kier molecular flexibility index (Phi) is 3.15. The van der Waals surface area contributed by atoms with E-state index in [0.717, 1.165) is 21.8 Å². The monoisotopic (exact) mass is 313 g/mol. The standard InChI is InChI=1S/C12H11NO5S2/c14-12(15)9-6-8-3-4-13(7-10(8)19-9)20(16,17)11-2-1-5-18-11/h1-2,5-6H,3-4,7H2,(H,14,15). The number of sulfonamides is 1. The predicted octanol–water partition coefficient (Wildman–Crippen LogP) is 1.79. The van der Waals surface area contributed by atoms with Gasteiger partial charge >= 0.3 is 5.97 Å². The van der Waals surface area contributed by atoms with Crippen LogP contribution in [0.4, 0.5) is 0 Å². The average Bonchev–Trinajstić information content (AvgIpc) is 3.07. The molecule has 0 radical (unpaired) electrons. The van der Waals surface area contributed by atoms with Gasteiger partial charge in [-0.3, -0.25) is 0 Å². The summed E-state index contributed by atoms with van der Waals surface area (Å²) >= 11 is 1.12. The molecule has 0 bridgehead atoms. The summed E-state index contributed by atoms with van der Waals surface area (Å²) in [5.74, 6) is -0.982. The lowest BCUT2D eigenvalue weighted by Gasteiger charge is -2.24. The average molecular weight is 313 g/mol. The Morgan fingerprint density at radius 3 is 2.90 bits per heavy atom. The van der Waals surface area contributed by atoms with Crippen LogP contribution in [-0.2, 0) is 23.0 Å². The van der Waals surface area contributed by atoms with E-state index < -0.39 is 16.0 Å². The number of carbonyl (C=O) groups is 1. The van der Waals surface area contributed by atoms with Crippen LogP contribution in [0.2, 0.25) is 0 Å². The molecule has 6 nitrogen and oxygen atoms in total. The number of hydrogen-bond acceptors (Lipinski definition) is 5. The van der Waals surface area contributed by atoms with Gasteiger partial charge in [0.15, 0.2) is 0 Å². The van der Waals surface area contributed by atoms with E-state index in [1.807, 2.05) is 0 Å². The molecule has 20 heavy (non-hydrogen) atoms. The van der Waals surface area contributed by atoms with Crippen molar-refractivity contribution in [2.24, 2.45) is 0 Å². The first-order valence-electron chi connectivity index (χ1n) is 5.87. The van der Waals surface area contributed by atoms with E-state index in [1.165, 1.54) is 22.7 Å². The zero-order valence-electron chi connectivity index (χ0n) is 10.3. The summed E-state index contributed by atoms with van der Waals surface area (Å²) in [4.78, 5) is 12.0. The summed E-state index contributed by atoms with van der Waals surface area (Å²) in [6, 6.07) is 4.55. The summed E-state index contributed by atoms with van der Waals surface area (Å²) in [6.45, 7) is 0.516. The van der Waals surface area contributed by atoms with Gasteiger partial charge in [-0.05, 0) is 30.2 Å². The van der Waals surface area contributed by atoms with E-state index in [0.29, 0.717) is 13.0 Å². The van der Waals surface area contributed by atoms with Gasteiger partial charge in [-0.25, -0.2) is 13.2 Å². The highest BCUT2D eigenvalue weighted by atomic mass is 32.2. The summed E-state index contributed by atoms with van der Waals surface area (Å²) in [7, 11) is -3.65. The van der Waals surface area contributed by atoms with Gasteiger partial charge in [0.05, 0.1) is 6.26 Å². The van der Waals surface area contributed by atoms with Crippen LogP contribution in [0.25, 0.3) is 0 Å². The molecule has 1 aliphatic heterocycles. The number of fused-ring (bicyclic) bond motifs is 1.